The van der Waals surface area contributed by atoms with Crippen molar-refractivity contribution in [2.45, 2.75) is 33.1 Å². The number of pyridine rings is 1. The van der Waals surface area contributed by atoms with Crippen molar-refractivity contribution in [1.29, 1.82) is 0 Å². The molecule has 1 atom stereocenters. The maximum absolute atomic E-state index is 12.9. The number of amides is 1. The third kappa shape index (κ3) is 3.14. The normalized spacial score (nSPS) is 19.5. The number of likely N-dealkylation sites (tertiary alicyclic amines) is 1. The lowest BCUT2D eigenvalue weighted by Crippen LogP contribution is -2.31. The summed E-state index contributed by atoms with van der Waals surface area (Å²) in [5, 5.41) is 0. The standard InChI is InChI=1S/C20H24N2O2/c1-4-16-10-15(11-18(23)21-16)19(24)22-12-17(20(2,3)13-22)14-8-6-5-7-9-14/h5-11,17H,4,12-13H2,1-3H3,(H,21,23)/t17-/m1/s1. The van der Waals surface area contributed by atoms with Crippen molar-refractivity contribution < 1.29 is 4.79 Å². The van der Waals surface area contributed by atoms with Crippen molar-refractivity contribution in [3.63, 3.8) is 0 Å². The fraction of sp³-hybridized carbons (Fsp3) is 0.400. The Kier molecular flexibility index (Phi) is 4.31. The molecule has 2 heterocycles. The number of nitrogens with zero attached hydrogens (tertiary/aromatic N) is 1. The zero-order valence-electron chi connectivity index (χ0n) is 14.5. The molecule has 1 aliphatic heterocycles. The van der Waals surface area contributed by atoms with Gasteiger partial charge in [0.1, 0.15) is 0 Å². The van der Waals surface area contributed by atoms with Crippen LogP contribution in [0.25, 0.3) is 0 Å². The summed E-state index contributed by atoms with van der Waals surface area (Å²) in [6, 6.07) is 13.6. The fourth-order valence-corrected chi connectivity index (χ4v) is 3.63. The number of aromatic amines is 1. The van der Waals surface area contributed by atoms with Crippen LogP contribution in [0.15, 0.2) is 47.3 Å². The molecule has 0 bridgehead atoms. The molecular formula is C20H24N2O2. The van der Waals surface area contributed by atoms with Gasteiger partial charge in [0.15, 0.2) is 0 Å². The molecule has 24 heavy (non-hydrogen) atoms. The monoisotopic (exact) mass is 324 g/mol. The maximum atomic E-state index is 12.9. The van der Waals surface area contributed by atoms with E-state index in [0.29, 0.717) is 31.0 Å². The summed E-state index contributed by atoms with van der Waals surface area (Å²) in [7, 11) is 0. The van der Waals surface area contributed by atoms with Gasteiger partial charge in [0, 0.05) is 36.3 Å². The first-order valence-corrected chi connectivity index (χ1v) is 8.48. The van der Waals surface area contributed by atoms with Gasteiger partial charge in [0.05, 0.1) is 0 Å². The molecule has 1 fully saturated rings. The molecule has 1 saturated heterocycles. The van der Waals surface area contributed by atoms with Crippen molar-refractivity contribution >= 4 is 5.91 Å². The second-order valence-electron chi connectivity index (χ2n) is 7.25. The minimum atomic E-state index is -0.212. The number of carbonyl (C=O) groups is 1. The molecule has 2 aromatic rings. The van der Waals surface area contributed by atoms with Crippen LogP contribution in [0.2, 0.25) is 0 Å². The van der Waals surface area contributed by atoms with Crippen LogP contribution in [0.3, 0.4) is 0 Å². The van der Waals surface area contributed by atoms with Crippen LogP contribution >= 0.6 is 0 Å². The Morgan fingerprint density at radius 2 is 1.96 bits per heavy atom. The maximum Gasteiger partial charge on any atom is 0.254 e. The molecule has 0 unspecified atom stereocenters. The van der Waals surface area contributed by atoms with E-state index in [0.717, 1.165) is 5.69 Å². The summed E-state index contributed by atoms with van der Waals surface area (Å²) in [6.45, 7) is 7.74. The van der Waals surface area contributed by atoms with Gasteiger partial charge in [-0.2, -0.15) is 0 Å². The van der Waals surface area contributed by atoms with Crippen LogP contribution in [0.5, 0.6) is 0 Å². The summed E-state index contributed by atoms with van der Waals surface area (Å²) in [6.07, 6.45) is 0.703. The van der Waals surface area contributed by atoms with Crippen LogP contribution < -0.4 is 5.56 Å². The van der Waals surface area contributed by atoms with Gasteiger partial charge in [-0.1, -0.05) is 51.1 Å². The number of hydrogen-bond donors (Lipinski definition) is 1. The predicted octanol–water partition coefficient (Wildman–Crippen LogP) is 3.20. The van der Waals surface area contributed by atoms with E-state index in [4.69, 9.17) is 0 Å². The van der Waals surface area contributed by atoms with E-state index in [1.165, 1.54) is 11.6 Å². The Bertz CT molecular complexity index is 793. The van der Waals surface area contributed by atoms with Gasteiger partial charge in [0.25, 0.3) is 5.91 Å². The molecule has 4 heteroatoms. The summed E-state index contributed by atoms with van der Waals surface area (Å²) >= 11 is 0. The average Bonchev–Trinajstić information content (AvgIpc) is 2.89. The van der Waals surface area contributed by atoms with Crippen LogP contribution in [-0.2, 0) is 6.42 Å². The van der Waals surface area contributed by atoms with Crippen LogP contribution in [0.4, 0.5) is 0 Å². The molecule has 1 aliphatic rings. The van der Waals surface area contributed by atoms with E-state index in [-0.39, 0.29) is 16.9 Å². The second kappa shape index (κ2) is 6.27. The molecule has 0 radical (unpaired) electrons. The van der Waals surface area contributed by atoms with Crippen molar-refractivity contribution in [2.24, 2.45) is 5.41 Å². The lowest BCUT2D eigenvalue weighted by atomic mass is 9.78. The highest BCUT2D eigenvalue weighted by molar-refractivity contribution is 5.94. The van der Waals surface area contributed by atoms with Gasteiger partial charge in [-0.05, 0) is 23.5 Å². The van der Waals surface area contributed by atoms with E-state index in [1.807, 2.05) is 30.0 Å². The SMILES string of the molecule is CCc1cc(C(=O)N2C[C@H](c3ccccc3)C(C)(C)C2)cc(=O)[nH]1. The summed E-state index contributed by atoms with van der Waals surface area (Å²) in [5.41, 5.74) is 2.34. The Hall–Kier alpha value is -2.36. The minimum Gasteiger partial charge on any atom is -0.337 e. The van der Waals surface area contributed by atoms with Gasteiger partial charge in [0.2, 0.25) is 5.56 Å². The van der Waals surface area contributed by atoms with Crippen molar-refractivity contribution in [3.05, 3.63) is 69.6 Å². The number of benzene rings is 1. The molecule has 3 rings (SSSR count). The first kappa shape index (κ1) is 16.5. The van der Waals surface area contributed by atoms with Crippen molar-refractivity contribution in [3.8, 4) is 0 Å². The van der Waals surface area contributed by atoms with E-state index in [1.54, 1.807) is 6.07 Å². The number of hydrogen-bond acceptors (Lipinski definition) is 2. The fourth-order valence-electron chi connectivity index (χ4n) is 3.63. The number of nitrogens with one attached hydrogen (secondary N) is 1. The number of rotatable bonds is 3. The number of aryl methyl sites for hydroxylation is 1. The van der Waals surface area contributed by atoms with E-state index >= 15 is 0 Å². The van der Waals surface area contributed by atoms with Gasteiger partial charge < -0.3 is 9.88 Å². The summed E-state index contributed by atoms with van der Waals surface area (Å²) < 4.78 is 0. The Balaban J connectivity index is 1.87. The molecule has 0 spiro atoms. The highest BCUT2D eigenvalue weighted by atomic mass is 16.2. The predicted molar refractivity (Wildman–Crippen MR) is 95.3 cm³/mol. The van der Waals surface area contributed by atoms with Gasteiger partial charge in [-0.3, -0.25) is 9.59 Å². The van der Waals surface area contributed by atoms with Gasteiger partial charge in [-0.15, -0.1) is 0 Å². The van der Waals surface area contributed by atoms with Crippen molar-refractivity contribution in [1.82, 2.24) is 9.88 Å². The lowest BCUT2D eigenvalue weighted by Gasteiger charge is -2.25. The van der Waals surface area contributed by atoms with Gasteiger partial charge >= 0.3 is 0 Å². The number of H-pyrrole nitrogens is 1. The van der Waals surface area contributed by atoms with Gasteiger partial charge in [-0.25, -0.2) is 0 Å². The molecule has 126 valence electrons. The summed E-state index contributed by atoms with van der Waals surface area (Å²) in [5.74, 6) is 0.248. The quantitative estimate of drug-likeness (QED) is 0.942. The third-order valence-corrected chi connectivity index (χ3v) is 4.96. The molecule has 0 aliphatic carbocycles. The largest absolute Gasteiger partial charge is 0.337 e. The van der Waals surface area contributed by atoms with Crippen LogP contribution in [-0.4, -0.2) is 28.9 Å². The first-order valence-electron chi connectivity index (χ1n) is 8.48. The number of carbonyl (C=O) groups excluding carboxylic acids is 1. The molecule has 1 aromatic heterocycles. The Morgan fingerprint density at radius 1 is 1.25 bits per heavy atom. The smallest absolute Gasteiger partial charge is 0.254 e. The topological polar surface area (TPSA) is 53.2 Å². The second-order valence-corrected chi connectivity index (χ2v) is 7.25. The lowest BCUT2D eigenvalue weighted by molar-refractivity contribution is 0.0777. The highest BCUT2D eigenvalue weighted by Gasteiger charge is 2.42. The van der Waals surface area contributed by atoms with Crippen LogP contribution in [0, 0.1) is 5.41 Å². The summed E-state index contributed by atoms with van der Waals surface area (Å²) in [4.78, 5) is 29.3. The first-order chi connectivity index (χ1) is 11.4. The third-order valence-electron chi connectivity index (χ3n) is 4.96. The number of aromatic nitrogens is 1. The van der Waals surface area contributed by atoms with Crippen molar-refractivity contribution in [2.75, 3.05) is 13.1 Å². The molecular weight excluding hydrogens is 300 g/mol. The highest BCUT2D eigenvalue weighted by Crippen LogP contribution is 2.42. The molecule has 0 saturated carbocycles. The Morgan fingerprint density at radius 3 is 2.62 bits per heavy atom. The molecule has 1 aromatic carbocycles. The average molecular weight is 324 g/mol. The minimum absolute atomic E-state index is 0.00575. The van der Waals surface area contributed by atoms with Crippen LogP contribution in [0.1, 0.15) is 48.3 Å². The zero-order valence-corrected chi connectivity index (χ0v) is 14.5. The Labute approximate surface area is 142 Å². The zero-order chi connectivity index (χ0) is 17.3. The molecule has 1 amide bonds. The molecule has 4 nitrogen and oxygen atoms in total. The van der Waals surface area contributed by atoms with E-state index in [2.05, 4.69) is 31.0 Å². The van der Waals surface area contributed by atoms with E-state index in [9.17, 15) is 9.59 Å². The van der Waals surface area contributed by atoms with E-state index < -0.39 is 0 Å². The molecule has 1 N–H and O–H groups in total.